The van der Waals surface area contributed by atoms with E-state index in [9.17, 15) is 4.39 Å². The molecule has 17 heavy (non-hydrogen) atoms. The van der Waals surface area contributed by atoms with E-state index in [-0.39, 0.29) is 5.82 Å². The molecule has 0 aliphatic rings. The fraction of sp³-hybridized carbons (Fsp3) is 0. The van der Waals surface area contributed by atoms with Gasteiger partial charge in [0.25, 0.3) is 0 Å². The van der Waals surface area contributed by atoms with E-state index in [1.54, 1.807) is 24.4 Å². The van der Waals surface area contributed by atoms with Crippen LogP contribution in [0.25, 0.3) is 16.9 Å². The van der Waals surface area contributed by atoms with Crippen LogP contribution in [-0.4, -0.2) is 9.38 Å². The van der Waals surface area contributed by atoms with Crippen molar-refractivity contribution in [1.82, 2.24) is 9.38 Å². The minimum atomic E-state index is -0.248. The highest BCUT2D eigenvalue weighted by molar-refractivity contribution is 5.63. The lowest BCUT2D eigenvalue weighted by Crippen LogP contribution is -1.88. The van der Waals surface area contributed by atoms with Gasteiger partial charge in [0.05, 0.1) is 5.69 Å². The van der Waals surface area contributed by atoms with E-state index >= 15 is 0 Å². The van der Waals surface area contributed by atoms with Crippen molar-refractivity contribution in [3.05, 3.63) is 54.6 Å². The summed E-state index contributed by atoms with van der Waals surface area (Å²) in [5.74, 6) is -0.248. The van der Waals surface area contributed by atoms with Crippen LogP contribution < -0.4 is 5.73 Å². The molecule has 0 radical (unpaired) electrons. The number of aromatic nitrogens is 2. The fourth-order valence-electron chi connectivity index (χ4n) is 1.77. The Hall–Kier alpha value is -2.36. The number of hydrogen-bond donors (Lipinski definition) is 1. The van der Waals surface area contributed by atoms with E-state index in [1.807, 2.05) is 16.7 Å². The maximum atomic E-state index is 12.8. The normalized spacial score (nSPS) is 10.9. The van der Waals surface area contributed by atoms with E-state index < -0.39 is 0 Å². The van der Waals surface area contributed by atoms with Crippen LogP contribution in [-0.2, 0) is 0 Å². The number of benzene rings is 1. The van der Waals surface area contributed by atoms with Gasteiger partial charge in [-0.2, -0.15) is 0 Å². The van der Waals surface area contributed by atoms with Crippen molar-refractivity contribution < 1.29 is 4.39 Å². The molecule has 0 amide bonds. The highest BCUT2D eigenvalue weighted by atomic mass is 19.1. The maximum absolute atomic E-state index is 12.8. The summed E-state index contributed by atoms with van der Waals surface area (Å²) in [4.78, 5) is 4.44. The van der Waals surface area contributed by atoms with Crippen molar-refractivity contribution in [1.29, 1.82) is 0 Å². The monoisotopic (exact) mass is 227 g/mol. The second-order valence-electron chi connectivity index (χ2n) is 3.86. The maximum Gasteiger partial charge on any atom is 0.137 e. The second-order valence-corrected chi connectivity index (χ2v) is 3.86. The number of rotatable bonds is 1. The first-order chi connectivity index (χ1) is 8.22. The molecule has 0 unspecified atom stereocenters. The van der Waals surface area contributed by atoms with Crippen molar-refractivity contribution in [3.63, 3.8) is 0 Å². The van der Waals surface area contributed by atoms with Crippen LogP contribution >= 0.6 is 0 Å². The largest absolute Gasteiger partial charge is 0.398 e. The summed E-state index contributed by atoms with van der Waals surface area (Å²) in [6.07, 6.45) is 3.67. The van der Waals surface area contributed by atoms with Gasteiger partial charge in [0, 0.05) is 23.6 Å². The average Bonchev–Trinajstić information content (AvgIpc) is 2.72. The molecular weight excluding hydrogens is 217 g/mol. The van der Waals surface area contributed by atoms with Crippen LogP contribution in [0.4, 0.5) is 10.1 Å². The first-order valence-electron chi connectivity index (χ1n) is 5.22. The van der Waals surface area contributed by atoms with Gasteiger partial charge in [-0.05, 0) is 36.4 Å². The molecule has 2 heterocycles. The number of nitrogens with two attached hydrogens (primary N) is 1. The number of fused-ring (bicyclic) bond motifs is 1. The summed E-state index contributed by atoms with van der Waals surface area (Å²) in [6, 6.07) is 9.92. The fourth-order valence-corrected chi connectivity index (χ4v) is 1.77. The summed E-state index contributed by atoms with van der Waals surface area (Å²) in [5.41, 5.74) is 8.88. The summed E-state index contributed by atoms with van der Waals surface area (Å²) in [6.45, 7) is 0. The number of imidazole rings is 1. The summed E-state index contributed by atoms with van der Waals surface area (Å²) >= 11 is 0. The number of nitrogen functional groups attached to an aromatic ring is 1. The molecule has 3 nitrogen and oxygen atoms in total. The number of pyridine rings is 1. The molecule has 1 aromatic carbocycles. The number of nitrogens with zero attached hydrogens (tertiary/aromatic N) is 2. The van der Waals surface area contributed by atoms with Crippen LogP contribution in [0.2, 0.25) is 0 Å². The van der Waals surface area contributed by atoms with Crippen molar-refractivity contribution in [3.8, 4) is 11.3 Å². The predicted octanol–water partition coefficient (Wildman–Crippen LogP) is 2.72. The minimum Gasteiger partial charge on any atom is -0.398 e. The smallest absolute Gasteiger partial charge is 0.137 e. The van der Waals surface area contributed by atoms with Gasteiger partial charge >= 0.3 is 0 Å². The molecule has 0 aliphatic heterocycles. The summed E-state index contributed by atoms with van der Waals surface area (Å²) in [7, 11) is 0. The molecule has 3 rings (SSSR count). The lowest BCUT2D eigenvalue weighted by Gasteiger charge is -1.94. The van der Waals surface area contributed by atoms with Crippen LogP contribution in [0.3, 0.4) is 0 Å². The van der Waals surface area contributed by atoms with Crippen LogP contribution in [0.1, 0.15) is 0 Å². The average molecular weight is 227 g/mol. The van der Waals surface area contributed by atoms with Gasteiger partial charge in [0.1, 0.15) is 11.5 Å². The molecule has 2 N–H and O–H groups in total. The Kier molecular flexibility index (Phi) is 2.08. The predicted molar refractivity (Wildman–Crippen MR) is 65.0 cm³/mol. The van der Waals surface area contributed by atoms with Crippen molar-refractivity contribution in [2.24, 2.45) is 0 Å². The molecule has 0 fully saturated rings. The highest BCUT2D eigenvalue weighted by Crippen LogP contribution is 2.20. The SMILES string of the molecule is Nc1ccc2nc(-c3ccc(F)cc3)cn2c1. The Bertz CT molecular complexity index is 671. The molecule has 84 valence electrons. The Morgan fingerprint density at radius 1 is 1.00 bits per heavy atom. The Labute approximate surface area is 97.3 Å². The minimum absolute atomic E-state index is 0.248. The lowest BCUT2D eigenvalue weighted by atomic mass is 10.2. The van der Waals surface area contributed by atoms with Gasteiger partial charge in [-0.3, -0.25) is 0 Å². The number of halogens is 1. The van der Waals surface area contributed by atoms with Crippen LogP contribution in [0.5, 0.6) is 0 Å². The van der Waals surface area contributed by atoms with Gasteiger partial charge in [-0.1, -0.05) is 0 Å². The van der Waals surface area contributed by atoms with Crippen molar-refractivity contribution >= 4 is 11.3 Å². The zero-order chi connectivity index (χ0) is 11.8. The molecule has 0 saturated carbocycles. The molecular formula is C13H10FN3. The number of hydrogen-bond acceptors (Lipinski definition) is 2. The Balaban J connectivity index is 2.14. The zero-order valence-corrected chi connectivity index (χ0v) is 8.97. The zero-order valence-electron chi connectivity index (χ0n) is 8.97. The lowest BCUT2D eigenvalue weighted by molar-refractivity contribution is 0.628. The molecule has 0 saturated heterocycles. The third kappa shape index (κ3) is 1.73. The van der Waals surface area contributed by atoms with Gasteiger partial charge in [0.15, 0.2) is 0 Å². The quantitative estimate of drug-likeness (QED) is 0.694. The van der Waals surface area contributed by atoms with Crippen molar-refractivity contribution in [2.45, 2.75) is 0 Å². The molecule has 3 aromatic rings. The molecule has 0 aliphatic carbocycles. The summed E-state index contributed by atoms with van der Waals surface area (Å²) < 4.78 is 14.7. The summed E-state index contributed by atoms with van der Waals surface area (Å²) in [5, 5.41) is 0. The van der Waals surface area contributed by atoms with E-state index in [2.05, 4.69) is 4.98 Å². The van der Waals surface area contributed by atoms with Gasteiger partial charge < -0.3 is 10.1 Å². The molecule has 0 bridgehead atoms. The molecule has 4 heteroatoms. The second kappa shape index (κ2) is 3.59. The van der Waals surface area contributed by atoms with E-state index in [1.165, 1.54) is 12.1 Å². The van der Waals surface area contributed by atoms with E-state index in [0.717, 1.165) is 16.9 Å². The highest BCUT2D eigenvalue weighted by Gasteiger charge is 2.04. The van der Waals surface area contributed by atoms with Crippen LogP contribution in [0.15, 0.2) is 48.8 Å². The van der Waals surface area contributed by atoms with Crippen LogP contribution in [0, 0.1) is 5.82 Å². The van der Waals surface area contributed by atoms with Gasteiger partial charge in [-0.15, -0.1) is 0 Å². The van der Waals surface area contributed by atoms with E-state index in [4.69, 9.17) is 5.73 Å². The van der Waals surface area contributed by atoms with Gasteiger partial charge in [0.2, 0.25) is 0 Å². The Morgan fingerprint density at radius 2 is 1.76 bits per heavy atom. The standard InChI is InChI=1S/C13H10FN3/c14-10-3-1-9(2-4-10)12-8-17-7-11(15)5-6-13(17)16-12/h1-8H,15H2. The third-order valence-corrected chi connectivity index (χ3v) is 2.61. The first-order valence-corrected chi connectivity index (χ1v) is 5.22. The number of anilines is 1. The molecule has 0 atom stereocenters. The van der Waals surface area contributed by atoms with E-state index in [0.29, 0.717) is 5.69 Å². The Morgan fingerprint density at radius 3 is 2.53 bits per heavy atom. The molecule has 2 aromatic heterocycles. The van der Waals surface area contributed by atoms with Crippen molar-refractivity contribution in [2.75, 3.05) is 5.73 Å². The first kappa shape index (κ1) is 9.84. The topological polar surface area (TPSA) is 43.3 Å². The molecule has 0 spiro atoms. The van der Waals surface area contributed by atoms with Gasteiger partial charge in [-0.25, -0.2) is 9.37 Å². The third-order valence-electron chi connectivity index (χ3n) is 2.61.